The molecule has 20 heavy (non-hydrogen) atoms. The number of carbonyl (C=O) groups is 1. The van der Waals surface area contributed by atoms with Gasteiger partial charge in [0.2, 0.25) is 5.91 Å². The molecular formula is C16H21NO2S. The molecule has 2 fully saturated rings. The molecular weight excluding hydrogens is 270 g/mol. The fourth-order valence-corrected chi connectivity index (χ4v) is 4.20. The first-order valence-corrected chi connectivity index (χ1v) is 8.29. The lowest BCUT2D eigenvalue weighted by Gasteiger charge is -2.22. The van der Waals surface area contributed by atoms with Crippen LogP contribution in [0.3, 0.4) is 0 Å². The monoisotopic (exact) mass is 291 g/mol. The summed E-state index contributed by atoms with van der Waals surface area (Å²) in [7, 11) is 1.66. The molecule has 3 rings (SSSR count). The van der Waals surface area contributed by atoms with Crippen LogP contribution in [0.5, 0.6) is 5.75 Å². The zero-order valence-electron chi connectivity index (χ0n) is 11.8. The molecule has 0 spiro atoms. The van der Waals surface area contributed by atoms with E-state index in [-0.39, 0.29) is 5.91 Å². The summed E-state index contributed by atoms with van der Waals surface area (Å²) in [4.78, 5) is 13.1. The van der Waals surface area contributed by atoms with E-state index >= 15 is 0 Å². The van der Waals surface area contributed by atoms with E-state index in [1.54, 1.807) is 18.9 Å². The molecule has 0 aromatic heterocycles. The van der Waals surface area contributed by atoms with Gasteiger partial charge in [0.05, 0.1) is 12.9 Å². The van der Waals surface area contributed by atoms with Crippen molar-refractivity contribution in [3.63, 3.8) is 0 Å². The molecule has 2 aliphatic carbocycles. The van der Waals surface area contributed by atoms with Crippen LogP contribution < -0.4 is 10.1 Å². The van der Waals surface area contributed by atoms with Crippen LogP contribution >= 0.6 is 11.8 Å². The highest BCUT2D eigenvalue weighted by atomic mass is 32.2. The smallest absolute Gasteiger partial charge is 0.230 e. The number of carbonyl (C=O) groups excluding carboxylic acids is 1. The zero-order chi connectivity index (χ0) is 13.9. The summed E-state index contributed by atoms with van der Waals surface area (Å²) in [5, 5.41) is 3.22. The summed E-state index contributed by atoms with van der Waals surface area (Å²) in [5.41, 5.74) is 0. The molecule has 0 aliphatic heterocycles. The maximum absolute atomic E-state index is 12.0. The van der Waals surface area contributed by atoms with Crippen molar-refractivity contribution in [2.75, 3.05) is 12.9 Å². The molecule has 108 valence electrons. The number of hydrogen-bond donors (Lipinski definition) is 1. The predicted molar refractivity (Wildman–Crippen MR) is 81.1 cm³/mol. The fourth-order valence-electron chi connectivity index (χ4n) is 3.49. The Balaban J connectivity index is 1.44. The number of nitrogens with one attached hydrogen (secondary N) is 1. The molecule has 1 N–H and O–H groups in total. The van der Waals surface area contributed by atoms with E-state index in [1.165, 1.54) is 25.7 Å². The Labute approximate surface area is 124 Å². The molecule has 2 aliphatic rings. The molecule has 2 bridgehead atoms. The summed E-state index contributed by atoms with van der Waals surface area (Å²) in [6.07, 6.45) is 5.21. The minimum atomic E-state index is 0.170. The molecule has 4 heteroatoms. The summed E-state index contributed by atoms with van der Waals surface area (Å²) >= 11 is 1.58. The van der Waals surface area contributed by atoms with Crippen LogP contribution in [0.15, 0.2) is 29.2 Å². The number of hydrogen-bond acceptors (Lipinski definition) is 3. The van der Waals surface area contributed by atoms with Gasteiger partial charge < -0.3 is 10.1 Å². The highest BCUT2D eigenvalue weighted by Gasteiger charge is 2.39. The lowest BCUT2D eigenvalue weighted by Crippen LogP contribution is -2.39. The largest absolute Gasteiger partial charge is 0.497 e. The fraction of sp³-hybridized carbons (Fsp3) is 0.562. The average Bonchev–Trinajstić information content (AvgIpc) is 3.08. The first kappa shape index (κ1) is 13.8. The van der Waals surface area contributed by atoms with E-state index in [2.05, 4.69) is 5.32 Å². The van der Waals surface area contributed by atoms with Gasteiger partial charge in [-0.05, 0) is 55.4 Å². The number of benzene rings is 1. The van der Waals surface area contributed by atoms with Gasteiger partial charge in [-0.15, -0.1) is 11.8 Å². The van der Waals surface area contributed by atoms with Gasteiger partial charge in [0.15, 0.2) is 0 Å². The third-order valence-corrected chi connectivity index (χ3v) is 5.53. The normalized spacial score (nSPS) is 27.6. The van der Waals surface area contributed by atoms with Crippen molar-refractivity contribution in [2.24, 2.45) is 11.8 Å². The molecule has 0 heterocycles. The van der Waals surface area contributed by atoms with Gasteiger partial charge >= 0.3 is 0 Å². The van der Waals surface area contributed by atoms with Crippen LogP contribution in [0.2, 0.25) is 0 Å². The molecule has 3 atom stereocenters. The van der Waals surface area contributed by atoms with Gasteiger partial charge in [-0.2, -0.15) is 0 Å². The molecule has 2 saturated carbocycles. The lowest BCUT2D eigenvalue weighted by molar-refractivity contribution is -0.119. The number of ether oxygens (including phenoxy) is 1. The Hall–Kier alpha value is -1.16. The number of amides is 1. The molecule has 0 radical (unpaired) electrons. The van der Waals surface area contributed by atoms with Crippen molar-refractivity contribution in [3.05, 3.63) is 24.3 Å². The van der Waals surface area contributed by atoms with Gasteiger partial charge in [-0.1, -0.05) is 6.42 Å². The van der Waals surface area contributed by atoms with Crippen molar-refractivity contribution in [3.8, 4) is 5.75 Å². The third kappa shape index (κ3) is 3.11. The second-order valence-corrected chi connectivity index (χ2v) is 6.86. The van der Waals surface area contributed by atoms with E-state index in [9.17, 15) is 4.79 Å². The second-order valence-electron chi connectivity index (χ2n) is 5.81. The molecule has 0 unspecified atom stereocenters. The first-order chi connectivity index (χ1) is 9.74. The van der Waals surface area contributed by atoms with Crippen LogP contribution in [-0.4, -0.2) is 24.8 Å². The standard InChI is InChI=1S/C16H21NO2S/c1-19-13-4-6-14(7-5-13)20-10-16(18)17-15-9-11-2-3-12(15)8-11/h4-7,11-12,15H,2-3,8-10H2,1H3,(H,17,18)/t11-,12-,15+/m0/s1. The quantitative estimate of drug-likeness (QED) is 0.847. The molecule has 0 saturated heterocycles. The van der Waals surface area contributed by atoms with Gasteiger partial charge in [-0.3, -0.25) is 4.79 Å². The second kappa shape index (κ2) is 6.08. The number of fused-ring (bicyclic) bond motifs is 2. The van der Waals surface area contributed by atoms with E-state index in [4.69, 9.17) is 4.74 Å². The lowest BCUT2D eigenvalue weighted by atomic mass is 9.95. The summed E-state index contributed by atoms with van der Waals surface area (Å²) < 4.78 is 5.12. The van der Waals surface area contributed by atoms with Crippen molar-refractivity contribution in [2.45, 2.75) is 36.6 Å². The minimum absolute atomic E-state index is 0.170. The third-order valence-electron chi connectivity index (χ3n) is 4.51. The number of thioether (sulfide) groups is 1. The van der Waals surface area contributed by atoms with Crippen LogP contribution in [0.1, 0.15) is 25.7 Å². The highest BCUT2D eigenvalue weighted by molar-refractivity contribution is 8.00. The summed E-state index contributed by atoms with van der Waals surface area (Å²) in [5.74, 6) is 3.14. The number of rotatable bonds is 5. The van der Waals surface area contributed by atoms with Crippen molar-refractivity contribution < 1.29 is 9.53 Å². The van der Waals surface area contributed by atoms with E-state index in [1.807, 2.05) is 24.3 Å². The maximum atomic E-state index is 12.0. The molecule has 1 aromatic carbocycles. The molecule has 1 amide bonds. The molecule has 1 aromatic rings. The Kier molecular flexibility index (Phi) is 4.20. The first-order valence-electron chi connectivity index (χ1n) is 7.31. The average molecular weight is 291 g/mol. The van der Waals surface area contributed by atoms with Crippen molar-refractivity contribution in [1.29, 1.82) is 0 Å². The Bertz CT molecular complexity index is 474. The Morgan fingerprint density at radius 2 is 2.10 bits per heavy atom. The van der Waals surface area contributed by atoms with Gasteiger partial charge in [0.1, 0.15) is 5.75 Å². The van der Waals surface area contributed by atoms with E-state index in [0.717, 1.165) is 22.5 Å². The van der Waals surface area contributed by atoms with Crippen LogP contribution in [0.4, 0.5) is 0 Å². The van der Waals surface area contributed by atoms with E-state index < -0.39 is 0 Å². The van der Waals surface area contributed by atoms with Gasteiger partial charge in [0, 0.05) is 10.9 Å². The Morgan fingerprint density at radius 3 is 2.70 bits per heavy atom. The predicted octanol–water partition coefficient (Wildman–Crippen LogP) is 3.09. The van der Waals surface area contributed by atoms with Gasteiger partial charge in [0.25, 0.3) is 0 Å². The van der Waals surface area contributed by atoms with Crippen molar-refractivity contribution in [1.82, 2.24) is 5.32 Å². The SMILES string of the molecule is COc1ccc(SCC(=O)N[C@@H]2C[C@H]3CC[C@H]2C3)cc1. The minimum Gasteiger partial charge on any atom is -0.497 e. The highest BCUT2D eigenvalue weighted by Crippen LogP contribution is 2.44. The zero-order valence-corrected chi connectivity index (χ0v) is 12.6. The summed E-state index contributed by atoms with van der Waals surface area (Å²) in [6, 6.07) is 8.28. The van der Waals surface area contributed by atoms with E-state index in [0.29, 0.717) is 11.8 Å². The van der Waals surface area contributed by atoms with Crippen LogP contribution in [-0.2, 0) is 4.79 Å². The number of methoxy groups -OCH3 is 1. The van der Waals surface area contributed by atoms with Crippen LogP contribution in [0.25, 0.3) is 0 Å². The van der Waals surface area contributed by atoms with Crippen molar-refractivity contribution >= 4 is 17.7 Å². The van der Waals surface area contributed by atoms with Crippen LogP contribution in [0, 0.1) is 11.8 Å². The van der Waals surface area contributed by atoms with Gasteiger partial charge in [-0.25, -0.2) is 0 Å². The maximum Gasteiger partial charge on any atom is 0.230 e. The summed E-state index contributed by atoms with van der Waals surface area (Å²) in [6.45, 7) is 0. The topological polar surface area (TPSA) is 38.3 Å². The molecule has 3 nitrogen and oxygen atoms in total. The Morgan fingerprint density at radius 1 is 1.30 bits per heavy atom.